The van der Waals surface area contributed by atoms with Crippen molar-refractivity contribution >= 4 is 33.0 Å². The molecule has 0 amide bonds. The highest BCUT2D eigenvalue weighted by molar-refractivity contribution is 7.92. The summed E-state index contributed by atoms with van der Waals surface area (Å²) >= 11 is 1.29. The highest BCUT2D eigenvalue weighted by atomic mass is 32.2. The van der Waals surface area contributed by atoms with Crippen molar-refractivity contribution in [3.05, 3.63) is 40.6 Å². The molecule has 136 valence electrons. The van der Waals surface area contributed by atoms with E-state index in [0.29, 0.717) is 22.9 Å². The lowest BCUT2D eigenvalue weighted by atomic mass is 10.3. The number of rotatable bonds is 9. The van der Waals surface area contributed by atoms with E-state index >= 15 is 0 Å². The minimum atomic E-state index is -3.74. The van der Waals surface area contributed by atoms with Crippen molar-refractivity contribution in [1.82, 2.24) is 0 Å². The van der Waals surface area contributed by atoms with Crippen LogP contribution < -0.4 is 9.46 Å². The third-order valence-corrected chi connectivity index (χ3v) is 5.73. The third-order valence-electron chi connectivity index (χ3n) is 3.42. The molecular weight excluding hydrogens is 362 g/mol. The molecule has 8 heteroatoms. The summed E-state index contributed by atoms with van der Waals surface area (Å²) in [7, 11) is -2.45. The maximum Gasteiger partial charge on any atom is 0.310 e. The zero-order chi connectivity index (χ0) is 18.3. The van der Waals surface area contributed by atoms with Crippen molar-refractivity contribution < 1.29 is 22.7 Å². The number of ether oxygens (including phenoxy) is 2. The Balaban J connectivity index is 2.09. The van der Waals surface area contributed by atoms with Gasteiger partial charge in [0.1, 0.15) is 5.75 Å². The fourth-order valence-electron chi connectivity index (χ4n) is 2.02. The summed E-state index contributed by atoms with van der Waals surface area (Å²) in [5.74, 6) is 0.214. The highest BCUT2D eigenvalue weighted by Crippen LogP contribution is 2.26. The molecule has 1 N–H and O–H groups in total. The maximum atomic E-state index is 12.5. The molecule has 0 saturated heterocycles. The number of thiophene rings is 1. The Hall–Kier alpha value is -2.06. The van der Waals surface area contributed by atoms with E-state index in [0.717, 1.165) is 12.8 Å². The maximum absolute atomic E-state index is 12.5. The first-order chi connectivity index (χ1) is 12.0. The summed E-state index contributed by atoms with van der Waals surface area (Å²) in [5, 5.41) is 1.72. The number of esters is 1. The monoisotopic (exact) mass is 383 g/mol. The SMILES string of the molecule is CCCCOc1ccc(S(=O)(=O)Nc2ccsc2CC(=O)OC)cc1. The van der Waals surface area contributed by atoms with Crippen molar-refractivity contribution in [3.8, 4) is 5.75 Å². The Kier molecular flexibility index (Phi) is 6.83. The number of carbonyl (C=O) groups excluding carboxylic acids is 1. The van der Waals surface area contributed by atoms with Gasteiger partial charge in [0.05, 0.1) is 30.7 Å². The molecule has 0 radical (unpaired) electrons. The van der Waals surface area contributed by atoms with Crippen molar-refractivity contribution in [2.75, 3.05) is 18.4 Å². The van der Waals surface area contributed by atoms with Gasteiger partial charge in [-0.2, -0.15) is 0 Å². The van der Waals surface area contributed by atoms with Gasteiger partial charge in [-0.1, -0.05) is 13.3 Å². The van der Waals surface area contributed by atoms with Gasteiger partial charge >= 0.3 is 5.97 Å². The smallest absolute Gasteiger partial charge is 0.310 e. The van der Waals surface area contributed by atoms with Gasteiger partial charge < -0.3 is 9.47 Å². The standard InChI is InChI=1S/C17H21NO5S2/c1-3-4-10-23-13-5-7-14(8-6-13)25(20,21)18-15-9-11-24-16(15)12-17(19)22-2/h5-9,11,18H,3-4,10,12H2,1-2H3. The van der Waals surface area contributed by atoms with E-state index in [-0.39, 0.29) is 11.3 Å². The largest absolute Gasteiger partial charge is 0.494 e. The summed E-state index contributed by atoms with van der Waals surface area (Å²) < 4.78 is 37.7. The Bertz CT molecular complexity index is 797. The van der Waals surface area contributed by atoms with Crippen LogP contribution in [0.2, 0.25) is 0 Å². The second kappa shape index (κ2) is 8.87. The lowest BCUT2D eigenvalue weighted by Gasteiger charge is -2.10. The second-order valence-electron chi connectivity index (χ2n) is 5.29. The summed E-state index contributed by atoms with van der Waals surface area (Å²) in [5.41, 5.74) is 0.388. The van der Waals surface area contributed by atoms with Crippen LogP contribution in [0.4, 0.5) is 5.69 Å². The van der Waals surface area contributed by atoms with Gasteiger partial charge in [-0.3, -0.25) is 9.52 Å². The van der Waals surface area contributed by atoms with Crippen molar-refractivity contribution in [1.29, 1.82) is 0 Å². The van der Waals surface area contributed by atoms with Gasteiger partial charge in [-0.15, -0.1) is 11.3 Å². The number of carbonyl (C=O) groups is 1. The van der Waals surface area contributed by atoms with E-state index in [1.807, 2.05) is 0 Å². The summed E-state index contributed by atoms with van der Waals surface area (Å²) in [6, 6.07) is 7.88. The summed E-state index contributed by atoms with van der Waals surface area (Å²) in [6.45, 7) is 2.68. The van der Waals surface area contributed by atoms with Crippen molar-refractivity contribution in [2.24, 2.45) is 0 Å². The van der Waals surface area contributed by atoms with Gasteiger partial charge in [0.25, 0.3) is 10.0 Å². The first-order valence-corrected chi connectivity index (χ1v) is 10.2. The number of nitrogens with one attached hydrogen (secondary N) is 1. The first-order valence-electron chi connectivity index (χ1n) is 7.85. The molecule has 0 atom stereocenters. The number of hydrogen-bond acceptors (Lipinski definition) is 6. The van der Waals surface area contributed by atoms with Crippen LogP contribution in [0.15, 0.2) is 40.6 Å². The molecule has 0 unspecified atom stereocenters. The minimum absolute atomic E-state index is 0.0240. The summed E-state index contributed by atoms with van der Waals surface area (Å²) in [6.07, 6.45) is 2.00. The van der Waals surface area contributed by atoms with Crippen LogP contribution in [0.3, 0.4) is 0 Å². The Morgan fingerprint density at radius 2 is 1.92 bits per heavy atom. The van der Waals surface area contributed by atoms with Crippen LogP contribution >= 0.6 is 11.3 Å². The highest BCUT2D eigenvalue weighted by Gasteiger charge is 2.18. The van der Waals surface area contributed by atoms with E-state index in [2.05, 4.69) is 16.4 Å². The molecule has 2 rings (SSSR count). The molecule has 0 fully saturated rings. The first kappa shape index (κ1) is 19.3. The number of sulfonamides is 1. The topological polar surface area (TPSA) is 81.7 Å². The molecule has 0 aliphatic carbocycles. The van der Waals surface area contributed by atoms with Gasteiger partial charge in [0.15, 0.2) is 0 Å². The Morgan fingerprint density at radius 1 is 1.20 bits per heavy atom. The Morgan fingerprint density at radius 3 is 2.56 bits per heavy atom. The molecule has 1 aromatic carbocycles. The van der Waals surface area contributed by atoms with Crippen molar-refractivity contribution in [3.63, 3.8) is 0 Å². The van der Waals surface area contributed by atoms with Gasteiger partial charge in [0, 0.05) is 4.88 Å². The number of hydrogen-bond donors (Lipinski definition) is 1. The second-order valence-corrected chi connectivity index (χ2v) is 7.97. The number of benzene rings is 1. The average Bonchev–Trinajstić information content (AvgIpc) is 3.01. The zero-order valence-corrected chi connectivity index (χ0v) is 15.8. The predicted molar refractivity (Wildman–Crippen MR) is 97.7 cm³/mol. The average molecular weight is 383 g/mol. The molecule has 0 aliphatic heterocycles. The molecule has 2 aromatic rings. The number of methoxy groups -OCH3 is 1. The van der Waals surface area contributed by atoms with Gasteiger partial charge in [-0.05, 0) is 42.1 Å². The van der Waals surface area contributed by atoms with Crippen LogP contribution in [0.25, 0.3) is 0 Å². The minimum Gasteiger partial charge on any atom is -0.494 e. The molecular formula is C17H21NO5S2. The summed E-state index contributed by atoms with van der Waals surface area (Å²) in [4.78, 5) is 12.1. The fourth-order valence-corrected chi connectivity index (χ4v) is 4.00. The molecule has 0 saturated carbocycles. The fraction of sp³-hybridized carbons (Fsp3) is 0.353. The van der Waals surface area contributed by atoms with Crippen LogP contribution in [-0.2, 0) is 26.0 Å². The van der Waals surface area contributed by atoms with E-state index in [4.69, 9.17) is 4.74 Å². The van der Waals surface area contributed by atoms with E-state index in [1.54, 1.807) is 23.6 Å². The van der Waals surface area contributed by atoms with Crippen LogP contribution in [-0.4, -0.2) is 28.1 Å². The van der Waals surface area contributed by atoms with Crippen LogP contribution in [0.5, 0.6) is 5.75 Å². The van der Waals surface area contributed by atoms with Gasteiger partial charge in [-0.25, -0.2) is 8.42 Å². The van der Waals surface area contributed by atoms with E-state index in [9.17, 15) is 13.2 Å². The van der Waals surface area contributed by atoms with Crippen LogP contribution in [0, 0.1) is 0 Å². The lowest BCUT2D eigenvalue weighted by molar-refractivity contribution is -0.139. The number of anilines is 1. The quantitative estimate of drug-likeness (QED) is 0.530. The zero-order valence-electron chi connectivity index (χ0n) is 14.2. The molecule has 0 bridgehead atoms. The number of unbranched alkanes of at least 4 members (excludes halogenated alkanes) is 1. The molecule has 1 aromatic heterocycles. The normalized spacial score (nSPS) is 11.1. The molecule has 25 heavy (non-hydrogen) atoms. The predicted octanol–water partition coefficient (Wildman–Crippen LogP) is 3.44. The van der Waals surface area contributed by atoms with Crippen molar-refractivity contribution in [2.45, 2.75) is 31.1 Å². The van der Waals surface area contributed by atoms with Crippen LogP contribution in [0.1, 0.15) is 24.6 Å². The molecule has 0 aliphatic rings. The molecule has 1 heterocycles. The van der Waals surface area contributed by atoms with E-state index < -0.39 is 16.0 Å². The lowest BCUT2D eigenvalue weighted by Crippen LogP contribution is -2.14. The Labute approximate surface area is 151 Å². The third kappa shape index (κ3) is 5.47. The van der Waals surface area contributed by atoms with E-state index in [1.165, 1.54) is 30.6 Å². The molecule has 0 spiro atoms. The van der Waals surface area contributed by atoms with Gasteiger partial charge in [0.2, 0.25) is 0 Å². The molecule has 6 nitrogen and oxygen atoms in total.